The second-order valence-corrected chi connectivity index (χ2v) is 5.87. The molecule has 0 radical (unpaired) electrons. The van der Waals surface area contributed by atoms with E-state index >= 15 is 0 Å². The molecule has 0 aliphatic carbocycles. The second kappa shape index (κ2) is 7.16. The first-order valence-electron chi connectivity index (χ1n) is 8.00. The van der Waals surface area contributed by atoms with Crippen LogP contribution in [0.2, 0.25) is 0 Å². The standard InChI is InChI=1S/C19H19N3O2/c20-12-14-6-8-16(9-7-14)21-17-4-1-3-15(11-17)19(24)22-10-2-5-18(22)13-23/h1,3-4,6-9,11,18,21,23H,2,5,10,13H2/t18-/m1/s1. The van der Waals surface area contributed by atoms with Crippen molar-refractivity contribution in [2.45, 2.75) is 18.9 Å². The van der Waals surface area contributed by atoms with Crippen LogP contribution in [0.15, 0.2) is 48.5 Å². The van der Waals surface area contributed by atoms with Crippen molar-refractivity contribution in [3.63, 3.8) is 0 Å². The predicted molar refractivity (Wildman–Crippen MR) is 92.0 cm³/mol. The van der Waals surface area contributed by atoms with E-state index in [1.54, 1.807) is 23.1 Å². The fourth-order valence-electron chi connectivity index (χ4n) is 2.98. The molecule has 1 saturated heterocycles. The highest BCUT2D eigenvalue weighted by atomic mass is 16.3. The fraction of sp³-hybridized carbons (Fsp3) is 0.263. The Morgan fingerprint density at radius 2 is 2.04 bits per heavy atom. The topological polar surface area (TPSA) is 76.4 Å². The molecule has 1 aliphatic heterocycles. The lowest BCUT2D eigenvalue weighted by molar-refractivity contribution is 0.0677. The van der Waals surface area contributed by atoms with Gasteiger partial charge in [0.15, 0.2) is 0 Å². The van der Waals surface area contributed by atoms with Crippen molar-refractivity contribution in [1.29, 1.82) is 5.26 Å². The minimum absolute atomic E-state index is 0.00885. The number of carbonyl (C=O) groups is 1. The maximum Gasteiger partial charge on any atom is 0.254 e. The van der Waals surface area contributed by atoms with Gasteiger partial charge in [-0.05, 0) is 55.3 Å². The largest absolute Gasteiger partial charge is 0.394 e. The van der Waals surface area contributed by atoms with Crippen molar-refractivity contribution >= 4 is 17.3 Å². The molecule has 5 nitrogen and oxygen atoms in total. The summed E-state index contributed by atoms with van der Waals surface area (Å²) in [5.74, 6) is -0.0463. The minimum Gasteiger partial charge on any atom is -0.394 e. The van der Waals surface area contributed by atoms with Gasteiger partial charge in [-0.1, -0.05) is 6.07 Å². The summed E-state index contributed by atoms with van der Waals surface area (Å²) < 4.78 is 0. The Morgan fingerprint density at radius 3 is 2.75 bits per heavy atom. The molecule has 1 heterocycles. The summed E-state index contributed by atoms with van der Waals surface area (Å²) in [7, 11) is 0. The molecule has 24 heavy (non-hydrogen) atoms. The lowest BCUT2D eigenvalue weighted by Crippen LogP contribution is -2.37. The van der Waals surface area contributed by atoms with Gasteiger partial charge in [0.25, 0.3) is 5.91 Å². The molecule has 3 rings (SSSR count). The van der Waals surface area contributed by atoms with E-state index in [0.717, 1.165) is 24.2 Å². The van der Waals surface area contributed by atoms with Crippen LogP contribution in [0.5, 0.6) is 0 Å². The van der Waals surface area contributed by atoms with Crippen LogP contribution in [0.3, 0.4) is 0 Å². The van der Waals surface area contributed by atoms with Crippen LogP contribution in [-0.2, 0) is 0 Å². The SMILES string of the molecule is N#Cc1ccc(Nc2cccc(C(=O)N3CCC[C@@H]3CO)c2)cc1. The smallest absolute Gasteiger partial charge is 0.254 e. The molecule has 1 aliphatic rings. The maximum atomic E-state index is 12.7. The summed E-state index contributed by atoms with van der Waals surface area (Å²) in [6, 6.07) is 16.5. The molecule has 0 aromatic heterocycles. The fourth-order valence-corrected chi connectivity index (χ4v) is 2.98. The molecule has 2 aromatic carbocycles. The molecule has 1 fully saturated rings. The van der Waals surface area contributed by atoms with Crippen LogP contribution in [0, 0.1) is 11.3 Å². The zero-order chi connectivity index (χ0) is 16.9. The van der Waals surface area contributed by atoms with Crippen molar-refractivity contribution in [3.8, 4) is 6.07 Å². The number of rotatable bonds is 4. The molecular weight excluding hydrogens is 302 g/mol. The van der Waals surface area contributed by atoms with Crippen molar-refractivity contribution in [3.05, 3.63) is 59.7 Å². The molecule has 122 valence electrons. The number of aliphatic hydroxyl groups excluding tert-OH is 1. The molecule has 1 amide bonds. The average molecular weight is 321 g/mol. The van der Waals surface area contributed by atoms with Crippen LogP contribution >= 0.6 is 0 Å². The molecular formula is C19H19N3O2. The van der Waals surface area contributed by atoms with E-state index in [0.29, 0.717) is 17.7 Å². The van der Waals surface area contributed by atoms with Gasteiger partial charge in [-0.3, -0.25) is 4.79 Å². The summed E-state index contributed by atoms with van der Waals surface area (Å²) in [6.45, 7) is 0.701. The molecule has 1 atom stereocenters. The number of aliphatic hydroxyl groups is 1. The minimum atomic E-state index is -0.0763. The van der Waals surface area contributed by atoms with E-state index in [9.17, 15) is 9.90 Å². The highest BCUT2D eigenvalue weighted by Crippen LogP contribution is 2.23. The van der Waals surface area contributed by atoms with E-state index in [2.05, 4.69) is 11.4 Å². The Balaban J connectivity index is 1.76. The van der Waals surface area contributed by atoms with Crippen LogP contribution in [0.25, 0.3) is 0 Å². The Morgan fingerprint density at radius 1 is 1.25 bits per heavy atom. The Kier molecular flexibility index (Phi) is 4.78. The highest BCUT2D eigenvalue weighted by molar-refractivity contribution is 5.95. The summed E-state index contributed by atoms with van der Waals surface area (Å²) in [5, 5.41) is 21.5. The third-order valence-corrected chi connectivity index (χ3v) is 4.26. The van der Waals surface area contributed by atoms with Gasteiger partial charge in [0, 0.05) is 23.5 Å². The first-order chi connectivity index (χ1) is 11.7. The van der Waals surface area contributed by atoms with Gasteiger partial charge in [0.2, 0.25) is 0 Å². The van der Waals surface area contributed by atoms with Gasteiger partial charge >= 0.3 is 0 Å². The van der Waals surface area contributed by atoms with E-state index < -0.39 is 0 Å². The first kappa shape index (κ1) is 16.0. The van der Waals surface area contributed by atoms with Crippen LogP contribution in [0.4, 0.5) is 11.4 Å². The van der Waals surface area contributed by atoms with Crippen LogP contribution in [0.1, 0.15) is 28.8 Å². The first-order valence-corrected chi connectivity index (χ1v) is 8.00. The van der Waals surface area contributed by atoms with E-state index in [-0.39, 0.29) is 18.6 Å². The molecule has 2 N–H and O–H groups in total. The maximum absolute atomic E-state index is 12.7. The number of amides is 1. The molecule has 5 heteroatoms. The highest BCUT2D eigenvalue weighted by Gasteiger charge is 2.28. The number of likely N-dealkylation sites (tertiary alicyclic amines) is 1. The summed E-state index contributed by atoms with van der Waals surface area (Å²) >= 11 is 0. The molecule has 0 saturated carbocycles. The summed E-state index contributed by atoms with van der Waals surface area (Å²) in [4.78, 5) is 14.4. The zero-order valence-electron chi connectivity index (χ0n) is 13.3. The van der Waals surface area contributed by atoms with Crippen molar-refractivity contribution < 1.29 is 9.90 Å². The molecule has 0 bridgehead atoms. The quantitative estimate of drug-likeness (QED) is 0.908. The van der Waals surface area contributed by atoms with E-state index in [1.807, 2.05) is 30.3 Å². The summed E-state index contributed by atoms with van der Waals surface area (Å²) in [5.41, 5.74) is 2.88. The molecule has 2 aromatic rings. The molecule has 0 spiro atoms. The number of benzene rings is 2. The van der Waals surface area contributed by atoms with Crippen molar-refractivity contribution in [1.82, 2.24) is 4.90 Å². The van der Waals surface area contributed by atoms with Gasteiger partial charge in [-0.15, -0.1) is 0 Å². The average Bonchev–Trinajstić information content (AvgIpc) is 3.10. The Hall–Kier alpha value is -2.84. The lowest BCUT2D eigenvalue weighted by atomic mass is 10.1. The number of nitrogens with one attached hydrogen (secondary N) is 1. The van der Waals surface area contributed by atoms with Crippen LogP contribution < -0.4 is 5.32 Å². The molecule has 0 unspecified atom stereocenters. The van der Waals surface area contributed by atoms with Crippen LogP contribution in [-0.4, -0.2) is 35.1 Å². The number of nitriles is 1. The predicted octanol–water partition coefficient (Wildman–Crippen LogP) is 2.90. The number of nitrogens with zero attached hydrogens (tertiary/aromatic N) is 2. The number of hydrogen-bond acceptors (Lipinski definition) is 4. The third kappa shape index (κ3) is 3.39. The summed E-state index contributed by atoms with van der Waals surface area (Å²) in [6.07, 6.45) is 1.78. The number of carbonyl (C=O) groups excluding carboxylic acids is 1. The van der Waals surface area contributed by atoms with Gasteiger partial charge in [-0.2, -0.15) is 5.26 Å². The third-order valence-electron chi connectivity index (χ3n) is 4.26. The van der Waals surface area contributed by atoms with E-state index in [4.69, 9.17) is 5.26 Å². The van der Waals surface area contributed by atoms with Gasteiger partial charge in [-0.25, -0.2) is 0 Å². The number of anilines is 2. The normalized spacial score (nSPS) is 16.7. The second-order valence-electron chi connectivity index (χ2n) is 5.87. The van der Waals surface area contributed by atoms with E-state index in [1.165, 1.54) is 0 Å². The van der Waals surface area contributed by atoms with Gasteiger partial charge in [0.05, 0.1) is 24.3 Å². The zero-order valence-corrected chi connectivity index (χ0v) is 13.3. The lowest BCUT2D eigenvalue weighted by Gasteiger charge is -2.23. The monoisotopic (exact) mass is 321 g/mol. The number of hydrogen-bond donors (Lipinski definition) is 2. The van der Waals surface area contributed by atoms with Crippen molar-refractivity contribution in [2.75, 3.05) is 18.5 Å². The van der Waals surface area contributed by atoms with Gasteiger partial charge in [0.1, 0.15) is 0 Å². The van der Waals surface area contributed by atoms with Crippen molar-refractivity contribution in [2.24, 2.45) is 0 Å². The Labute approximate surface area is 141 Å². The van der Waals surface area contributed by atoms with Gasteiger partial charge < -0.3 is 15.3 Å². The Bertz CT molecular complexity index is 765.